The van der Waals surface area contributed by atoms with E-state index in [1.807, 2.05) is 0 Å². The first-order chi connectivity index (χ1) is 29.9. The first-order valence-corrected chi connectivity index (χ1v) is 24.3. The molecule has 4 aromatic rings. The molecule has 0 N–H and O–H groups in total. The van der Waals surface area contributed by atoms with Gasteiger partial charge in [0.2, 0.25) is 0 Å². The Hall–Kier alpha value is -4.81. The van der Waals surface area contributed by atoms with Crippen molar-refractivity contribution < 1.29 is 9.15 Å². The summed E-state index contributed by atoms with van der Waals surface area (Å²) in [6.45, 7) is 4.78. The van der Waals surface area contributed by atoms with Crippen molar-refractivity contribution in [3.8, 4) is 0 Å². The molecule has 1 saturated carbocycles. The summed E-state index contributed by atoms with van der Waals surface area (Å²) in [7, 11) is 0. The van der Waals surface area contributed by atoms with E-state index >= 15 is 0 Å². The van der Waals surface area contributed by atoms with E-state index in [-0.39, 0.29) is 11.3 Å². The minimum Gasteiger partial charge on any atom is -0.464 e. The maximum atomic E-state index is 7.09. The van der Waals surface area contributed by atoms with Crippen molar-refractivity contribution in [2.75, 3.05) is 4.90 Å². The number of aryl methyl sites for hydroxylation is 1. The molecule has 3 aromatic carbocycles. The van der Waals surface area contributed by atoms with Gasteiger partial charge >= 0.3 is 0 Å². The zero-order chi connectivity index (χ0) is 40.8. The Morgan fingerprint density at radius 2 is 1.64 bits per heavy atom. The molecule has 7 aliphatic carbocycles. The number of anilines is 1. The first kappa shape index (κ1) is 37.9. The lowest BCUT2D eigenvalue weighted by Crippen LogP contribution is -2.26. The highest BCUT2D eigenvalue weighted by atomic mass is 127. The Bertz CT molecular complexity index is 2770. The number of benzene rings is 3. The monoisotopic (exact) mass is 911 g/mol. The Balaban J connectivity index is 0.864. The minimum atomic E-state index is 0.0237. The molecule has 2 heterocycles. The number of nitrogens with zero attached hydrogens (tertiary/aromatic N) is 1. The Kier molecular flexibility index (Phi) is 9.28. The first-order valence-electron chi connectivity index (χ1n) is 23.1. The Morgan fingerprint density at radius 1 is 0.787 bits per heavy atom. The summed E-state index contributed by atoms with van der Waals surface area (Å²) in [6, 6.07) is 25.1. The number of hydrogen-bond donors (Lipinski definition) is 0. The maximum Gasteiger partial charge on any atom is 0.139 e. The Morgan fingerprint density at radius 3 is 2.46 bits per heavy atom. The number of furan rings is 1. The fourth-order valence-electron chi connectivity index (χ4n) is 12.3. The number of alkyl halides is 1. The van der Waals surface area contributed by atoms with Crippen LogP contribution >= 0.6 is 22.6 Å². The fraction of sp³-hybridized carbons (Fsp3) is 0.333. The van der Waals surface area contributed by atoms with Crippen LogP contribution in [0.15, 0.2) is 166 Å². The predicted octanol–water partition coefficient (Wildman–Crippen LogP) is 15.3. The summed E-state index contributed by atoms with van der Waals surface area (Å²) >= 11 is 2.69. The highest BCUT2D eigenvalue weighted by Crippen LogP contribution is 2.55. The van der Waals surface area contributed by atoms with E-state index in [1.165, 1.54) is 104 Å². The lowest BCUT2D eigenvalue weighted by atomic mass is 9.77. The van der Waals surface area contributed by atoms with Gasteiger partial charge in [0.15, 0.2) is 0 Å². The quantitative estimate of drug-likeness (QED) is 0.142. The Labute approximate surface area is 374 Å². The van der Waals surface area contributed by atoms with E-state index in [2.05, 4.69) is 169 Å². The summed E-state index contributed by atoms with van der Waals surface area (Å²) in [5.74, 6) is 5.40. The summed E-state index contributed by atoms with van der Waals surface area (Å²) in [4.78, 5) is 2.50. The number of allylic oxidation sites excluding steroid dienone is 14. The molecule has 12 rings (SSSR count). The predicted molar refractivity (Wildman–Crippen MR) is 259 cm³/mol. The van der Waals surface area contributed by atoms with Gasteiger partial charge in [-0.1, -0.05) is 146 Å². The van der Waals surface area contributed by atoms with Crippen molar-refractivity contribution in [1.29, 1.82) is 0 Å². The lowest BCUT2D eigenvalue weighted by molar-refractivity contribution is 0.294. The number of fused-ring (bicyclic) bond motifs is 8. The van der Waals surface area contributed by atoms with Crippen LogP contribution in [-0.4, -0.2) is 3.92 Å². The summed E-state index contributed by atoms with van der Waals surface area (Å²) < 4.78 is 14.5. The molecule has 4 heteroatoms. The lowest BCUT2D eigenvalue weighted by Gasteiger charge is -2.35. The van der Waals surface area contributed by atoms with Crippen LogP contribution in [0.3, 0.4) is 0 Å². The van der Waals surface area contributed by atoms with Crippen LogP contribution in [0.2, 0.25) is 0 Å². The molecule has 0 saturated heterocycles. The third-order valence-corrected chi connectivity index (χ3v) is 16.6. The van der Waals surface area contributed by atoms with Crippen molar-refractivity contribution in [2.45, 2.75) is 99.7 Å². The van der Waals surface area contributed by atoms with Crippen LogP contribution in [-0.2, 0) is 16.6 Å². The van der Waals surface area contributed by atoms with Crippen LogP contribution < -0.4 is 4.90 Å². The van der Waals surface area contributed by atoms with Crippen molar-refractivity contribution in [3.05, 3.63) is 195 Å². The molecule has 61 heavy (non-hydrogen) atoms. The van der Waals surface area contributed by atoms with Gasteiger partial charge < -0.3 is 14.1 Å². The SMILES string of the molecule is CC1(C)C2=C(c3ccccc31)c1oc3c(C4C=CC(N(C5=CCC(C6CCCC(I)C6)C=C5)c5ccc(C6=C7OC8=C(C=CCC8)C7CC=C6)cc5)=CC4)cccc3c1CC2. The van der Waals surface area contributed by atoms with Gasteiger partial charge in [0.1, 0.15) is 22.9 Å². The molecular formula is C57H54INO2. The summed E-state index contributed by atoms with van der Waals surface area (Å²) in [6.07, 6.45) is 36.6. The molecule has 3 nitrogen and oxygen atoms in total. The van der Waals surface area contributed by atoms with Gasteiger partial charge in [-0.05, 0) is 116 Å². The van der Waals surface area contributed by atoms with E-state index in [9.17, 15) is 0 Å². The summed E-state index contributed by atoms with van der Waals surface area (Å²) in [5.41, 5.74) is 16.9. The van der Waals surface area contributed by atoms with Crippen LogP contribution in [0.4, 0.5) is 5.69 Å². The molecule has 5 unspecified atom stereocenters. The molecule has 1 aromatic heterocycles. The molecular weight excluding hydrogens is 858 g/mol. The number of halogens is 1. The van der Waals surface area contributed by atoms with Crippen LogP contribution in [0, 0.1) is 17.8 Å². The second kappa shape index (κ2) is 14.9. The van der Waals surface area contributed by atoms with E-state index in [0.29, 0.717) is 11.8 Å². The molecule has 8 aliphatic rings. The van der Waals surface area contributed by atoms with Crippen LogP contribution in [0.1, 0.15) is 118 Å². The summed E-state index contributed by atoms with van der Waals surface area (Å²) in [5, 5.41) is 1.29. The van der Waals surface area contributed by atoms with Crippen molar-refractivity contribution in [2.24, 2.45) is 17.8 Å². The van der Waals surface area contributed by atoms with E-state index in [1.54, 1.807) is 0 Å². The van der Waals surface area contributed by atoms with Crippen LogP contribution in [0.5, 0.6) is 0 Å². The molecule has 0 bridgehead atoms. The van der Waals surface area contributed by atoms with Gasteiger partial charge in [-0.2, -0.15) is 0 Å². The van der Waals surface area contributed by atoms with Gasteiger partial charge in [-0.15, -0.1) is 0 Å². The van der Waals surface area contributed by atoms with Gasteiger partial charge in [-0.3, -0.25) is 0 Å². The largest absolute Gasteiger partial charge is 0.464 e. The average molecular weight is 912 g/mol. The molecule has 1 fully saturated rings. The molecule has 0 spiro atoms. The average Bonchev–Trinajstić information content (AvgIpc) is 3.95. The fourth-order valence-corrected chi connectivity index (χ4v) is 13.3. The standard InChI is InChI=1S/C57H54INO2/c1-57(2)50-18-5-3-13-49(50)53-51(57)33-32-48-47-17-9-15-44(55(47)61-56(48)53)37-24-30-42(31-25-37)59(40-26-20-35(21-27-40)38-10-7-11-39(58)34-38)41-28-22-36(23-29-41)43-14-8-16-46-45-12-4-6-19-52(45)60-54(43)46/h3-5,8-9,12-15,17-18,20,22-24,26-31,35,37-39,46H,6-7,10-11,16,19,21,25,32-34H2,1-2H3. The number of hydrogen-bond acceptors (Lipinski definition) is 3. The van der Waals surface area contributed by atoms with Crippen molar-refractivity contribution >= 4 is 50.4 Å². The second-order valence-electron chi connectivity index (χ2n) is 19.2. The van der Waals surface area contributed by atoms with Crippen molar-refractivity contribution in [1.82, 2.24) is 0 Å². The van der Waals surface area contributed by atoms with Gasteiger partial charge in [0.25, 0.3) is 0 Å². The van der Waals surface area contributed by atoms with Gasteiger partial charge in [-0.25, -0.2) is 0 Å². The van der Waals surface area contributed by atoms with E-state index < -0.39 is 0 Å². The molecule has 306 valence electrons. The highest BCUT2D eigenvalue weighted by molar-refractivity contribution is 14.1. The number of ether oxygens (including phenoxy) is 1. The van der Waals surface area contributed by atoms with Crippen LogP contribution in [0.25, 0.3) is 22.1 Å². The maximum absolute atomic E-state index is 7.09. The topological polar surface area (TPSA) is 25.6 Å². The second-order valence-corrected chi connectivity index (χ2v) is 20.9. The zero-order valence-corrected chi connectivity index (χ0v) is 37.6. The molecule has 0 radical (unpaired) electrons. The third kappa shape index (κ3) is 6.24. The minimum absolute atomic E-state index is 0.0237. The van der Waals surface area contributed by atoms with E-state index in [0.717, 1.165) is 71.9 Å². The van der Waals surface area contributed by atoms with Gasteiger partial charge in [0, 0.05) is 77.9 Å². The van der Waals surface area contributed by atoms with Crippen molar-refractivity contribution in [3.63, 3.8) is 0 Å². The highest BCUT2D eigenvalue weighted by Gasteiger charge is 2.42. The molecule has 1 aliphatic heterocycles. The zero-order valence-electron chi connectivity index (χ0n) is 35.4. The number of rotatable bonds is 6. The number of para-hydroxylation sites is 1. The van der Waals surface area contributed by atoms with E-state index in [4.69, 9.17) is 9.15 Å². The smallest absolute Gasteiger partial charge is 0.139 e. The van der Waals surface area contributed by atoms with Gasteiger partial charge in [0.05, 0.1) is 0 Å². The normalized spacial score (nSPS) is 27.0. The molecule has 5 atom stereocenters. The third-order valence-electron chi connectivity index (χ3n) is 15.4. The molecule has 0 amide bonds.